The average Bonchev–Trinajstić information content (AvgIpc) is 2.89. The van der Waals surface area contributed by atoms with Gasteiger partial charge in [-0.05, 0) is 13.3 Å². The number of aliphatic carboxylic acids is 1. The Labute approximate surface area is 114 Å². The second-order valence-corrected chi connectivity index (χ2v) is 4.98. The summed E-state index contributed by atoms with van der Waals surface area (Å²) in [5, 5.41) is 21.7. The lowest BCUT2D eigenvalue weighted by molar-refractivity contribution is -0.133. The molecule has 0 unspecified atom stereocenters. The summed E-state index contributed by atoms with van der Waals surface area (Å²) in [4.78, 5) is 10.7. The quantitative estimate of drug-likeness (QED) is 0.824. The first-order valence-corrected chi connectivity index (χ1v) is 6.81. The van der Waals surface area contributed by atoms with Gasteiger partial charge in [0.1, 0.15) is 5.82 Å². The molecule has 1 N–H and O–H groups in total. The summed E-state index contributed by atoms with van der Waals surface area (Å²) in [5.41, 5.74) is 1.84. The second kappa shape index (κ2) is 5.43. The number of aryl methyl sites for hydroxylation is 3. The number of carboxylic acids is 1. The minimum atomic E-state index is -0.876. The summed E-state index contributed by atoms with van der Waals surface area (Å²) in [6.07, 6.45) is 2.68. The van der Waals surface area contributed by atoms with Crippen LogP contribution >= 0.6 is 11.8 Å². The lowest BCUT2D eigenvalue weighted by atomic mass is 10.3. The molecule has 0 saturated carbocycles. The Morgan fingerprint density at radius 3 is 2.84 bits per heavy atom. The van der Waals surface area contributed by atoms with Crippen LogP contribution in [0.25, 0.3) is 5.69 Å². The Morgan fingerprint density at radius 1 is 1.47 bits per heavy atom. The third-order valence-corrected chi connectivity index (χ3v) is 3.49. The third-order valence-electron chi connectivity index (χ3n) is 2.58. The van der Waals surface area contributed by atoms with Crippen molar-refractivity contribution >= 4 is 17.7 Å². The first-order valence-electron chi connectivity index (χ1n) is 5.82. The molecule has 7 nitrogen and oxygen atoms in total. The Bertz CT molecular complexity index is 604. The first kappa shape index (κ1) is 13.6. The average molecular weight is 281 g/mol. The molecule has 0 aliphatic carbocycles. The zero-order valence-corrected chi connectivity index (χ0v) is 11.8. The second-order valence-electron chi connectivity index (χ2n) is 4.04. The van der Waals surface area contributed by atoms with Crippen LogP contribution in [0.15, 0.2) is 11.4 Å². The summed E-state index contributed by atoms with van der Waals surface area (Å²) >= 11 is 1.15. The van der Waals surface area contributed by atoms with Gasteiger partial charge < -0.3 is 5.11 Å². The van der Waals surface area contributed by atoms with Gasteiger partial charge in [0.2, 0.25) is 0 Å². The summed E-state index contributed by atoms with van der Waals surface area (Å²) in [7, 11) is 1.85. The molecule has 0 aromatic carbocycles. The number of aromatic nitrogens is 5. The number of nitrogens with zero attached hydrogens (tertiary/aromatic N) is 5. The van der Waals surface area contributed by atoms with Crippen molar-refractivity contribution < 1.29 is 9.90 Å². The van der Waals surface area contributed by atoms with Gasteiger partial charge in [-0.2, -0.15) is 5.10 Å². The molecule has 0 aliphatic rings. The van der Waals surface area contributed by atoms with E-state index in [0.29, 0.717) is 5.16 Å². The molecular formula is C11H15N5O2S. The number of rotatable bonds is 5. The monoisotopic (exact) mass is 281 g/mol. The van der Waals surface area contributed by atoms with Gasteiger partial charge in [0.25, 0.3) is 0 Å². The van der Waals surface area contributed by atoms with Gasteiger partial charge >= 0.3 is 5.97 Å². The zero-order valence-electron chi connectivity index (χ0n) is 11.0. The molecule has 102 valence electrons. The van der Waals surface area contributed by atoms with E-state index in [1.165, 1.54) is 0 Å². The maximum absolute atomic E-state index is 10.7. The van der Waals surface area contributed by atoms with E-state index in [1.807, 2.05) is 31.7 Å². The fourth-order valence-corrected chi connectivity index (χ4v) is 2.51. The van der Waals surface area contributed by atoms with Gasteiger partial charge in [0.15, 0.2) is 5.16 Å². The molecule has 0 aliphatic heterocycles. The molecule has 0 atom stereocenters. The Hall–Kier alpha value is -1.83. The molecule has 0 radical (unpaired) electrons. The van der Waals surface area contributed by atoms with Gasteiger partial charge in [-0.3, -0.25) is 14.0 Å². The molecule has 0 fully saturated rings. The first-order chi connectivity index (χ1) is 9.02. The number of hydrogen-bond acceptors (Lipinski definition) is 5. The van der Waals surface area contributed by atoms with Gasteiger partial charge in [0, 0.05) is 13.2 Å². The smallest absolute Gasteiger partial charge is 0.313 e. The van der Waals surface area contributed by atoms with Crippen LogP contribution < -0.4 is 0 Å². The van der Waals surface area contributed by atoms with E-state index in [1.54, 1.807) is 4.68 Å². The van der Waals surface area contributed by atoms with Crippen molar-refractivity contribution in [3.63, 3.8) is 0 Å². The van der Waals surface area contributed by atoms with Gasteiger partial charge in [-0.1, -0.05) is 18.7 Å². The van der Waals surface area contributed by atoms with Crippen LogP contribution in [0, 0.1) is 6.92 Å². The van der Waals surface area contributed by atoms with E-state index in [9.17, 15) is 4.79 Å². The van der Waals surface area contributed by atoms with Crippen molar-refractivity contribution in [2.45, 2.75) is 25.4 Å². The largest absolute Gasteiger partial charge is 0.481 e. The van der Waals surface area contributed by atoms with Gasteiger partial charge in [0.05, 0.1) is 17.1 Å². The normalized spacial score (nSPS) is 10.9. The predicted molar refractivity (Wildman–Crippen MR) is 70.6 cm³/mol. The maximum atomic E-state index is 10.7. The minimum absolute atomic E-state index is 0.0418. The highest BCUT2D eigenvalue weighted by Crippen LogP contribution is 2.23. The van der Waals surface area contributed by atoms with Crippen LogP contribution in [0.1, 0.15) is 18.4 Å². The third kappa shape index (κ3) is 2.78. The number of carboxylic acid groups (broad SMARTS) is 1. The molecule has 2 aromatic rings. The summed E-state index contributed by atoms with van der Waals surface area (Å²) in [6, 6.07) is 0. The molecule has 19 heavy (non-hydrogen) atoms. The van der Waals surface area contributed by atoms with Crippen LogP contribution in [-0.2, 0) is 18.3 Å². The number of thioether (sulfide) groups is 1. The predicted octanol–water partition coefficient (Wildman–Crippen LogP) is 1.05. The zero-order chi connectivity index (χ0) is 14.0. The molecule has 2 rings (SSSR count). The Kier molecular flexibility index (Phi) is 3.89. The van der Waals surface area contributed by atoms with E-state index >= 15 is 0 Å². The van der Waals surface area contributed by atoms with Crippen LogP contribution in [0.4, 0.5) is 0 Å². The molecule has 2 aromatic heterocycles. The molecule has 0 amide bonds. The standard InChI is InChI=1S/C11H15N5O2S/c1-4-8-9(5-15(3)14-8)16-7(2)12-13-11(16)19-6-10(17)18/h5H,4,6H2,1-3H3,(H,17,18). The molecule has 0 bridgehead atoms. The van der Waals surface area contributed by atoms with Gasteiger partial charge in [-0.15, -0.1) is 10.2 Å². The van der Waals surface area contributed by atoms with Crippen LogP contribution in [0.3, 0.4) is 0 Å². The summed E-state index contributed by atoms with van der Waals surface area (Å²) < 4.78 is 3.58. The van der Waals surface area contributed by atoms with Crippen LogP contribution in [0.5, 0.6) is 0 Å². The van der Waals surface area contributed by atoms with Gasteiger partial charge in [-0.25, -0.2) is 0 Å². The SMILES string of the molecule is CCc1nn(C)cc1-n1c(C)nnc1SCC(=O)O. The lowest BCUT2D eigenvalue weighted by Crippen LogP contribution is -2.04. The fraction of sp³-hybridized carbons (Fsp3) is 0.455. The van der Waals surface area contributed by atoms with E-state index in [4.69, 9.17) is 5.11 Å². The maximum Gasteiger partial charge on any atom is 0.313 e. The lowest BCUT2D eigenvalue weighted by Gasteiger charge is -2.06. The molecule has 0 saturated heterocycles. The highest BCUT2D eigenvalue weighted by molar-refractivity contribution is 7.99. The summed E-state index contributed by atoms with van der Waals surface area (Å²) in [6.45, 7) is 3.86. The molecule has 0 spiro atoms. The van der Waals surface area contributed by atoms with E-state index in [2.05, 4.69) is 15.3 Å². The van der Waals surface area contributed by atoms with Crippen LogP contribution in [-0.4, -0.2) is 41.4 Å². The van der Waals surface area contributed by atoms with E-state index in [0.717, 1.165) is 35.4 Å². The number of hydrogen-bond donors (Lipinski definition) is 1. The van der Waals surface area contributed by atoms with Crippen molar-refractivity contribution in [1.82, 2.24) is 24.5 Å². The van der Waals surface area contributed by atoms with Crippen LogP contribution in [0.2, 0.25) is 0 Å². The van der Waals surface area contributed by atoms with Crippen molar-refractivity contribution in [3.05, 3.63) is 17.7 Å². The van der Waals surface area contributed by atoms with E-state index < -0.39 is 5.97 Å². The summed E-state index contributed by atoms with van der Waals surface area (Å²) in [5.74, 6) is -0.200. The van der Waals surface area contributed by atoms with Crippen molar-refractivity contribution in [3.8, 4) is 5.69 Å². The minimum Gasteiger partial charge on any atom is -0.481 e. The topological polar surface area (TPSA) is 85.8 Å². The Morgan fingerprint density at radius 2 is 2.21 bits per heavy atom. The van der Waals surface area contributed by atoms with E-state index in [-0.39, 0.29) is 5.75 Å². The fourth-order valence-electron chi connectivity index (χ4n) is 1.80. The van der Waals surface area contributed by atoms with Crippen molar-refractivity contribution in [1.29, 1.82) is 0 Å². The molecular weight excluding hydrogens is 266 g/mol. The highest BCUT2D eigenvalue weighted by Gasteiger charge is 2.17. The molecule has 8 heteroatoms. The highest BCUT2D eigenvalue weighted by atomic mass is 32.2. The number of carbonyl (C=O) groups is 1. The van der Waals surface area contributed by atoms with Crippen molar-refractivity contribution in [2.75, 3.05) is 5.75 Å². The Balaban J connectivity index is 2.42. The van der Waals surface area contributed by atoms with Crippen molar-refractivity contribution in [2.24, 2.45) is 7.05 Å². The molecule has 2 heterocycles.